The highest BCUT2D eigenvalue weighted by Gasteiger charge is 2.21. The summed E-state index contributed by atoms with van der Waals surface area (Å²) in [6, 6.07) is 18.4. The molecule has 0 aliphatic carbocycles. The van der Waals surface area contributed by atoms with Crippen LogP contribution in [-0.4, -0.2) is 28.5 Å². The average molecular weight is 352 g/mol. The number of carboxylic acid groups (broad SMARTS) is 1. The van der Waals surface area contributed by atoms with E-state index in [1.807, 2.05) is 36.4 Å². The van der Waals surface area contributed by atoms with Crippen molar-refractivity contribution in [2.24, 2.45) is 0 Å². The molecule has 3 aromatic rings. The molecule has 1 unspecified atom stereocenters. The van der Waals surface area contributed by atoms with Crippen molar-refractivity contribution >= 4 is 23.2 Å². The summed E-state index contributed by atoms with van der Waals surface area (Å²) in [4.78, 5) is 28.1. The minimum Gasteiger partial charge on any atom is -0.481 e. The molecule has 126 valence electrons. The van der Waals surface area contributed by atoms with Crippen molar-refractivity contribution in [2.75, 3.05) is 6.54 Å². The first kappa shape index (κ1) is 16.9. The molecule has 0 spiro atoms. The predicted molar refractivity (Wildman–Crippen MR) is 96.7 cm³/mol. The van der Waals surface area contributed by atoms with E-state index in [0.717, 1.165) is 10.6 Å². The maximum atomic E-state index is 12.3. The van der Waals surface area contributed by atoms with Crippen molar-refractivity contribution in [2.45, 2.75) is 5.92 Å². The summed E-state index contributed by atoms with van der Waals surface area (Å²) in [7, 11) is 0. The quantitative estimate of drug-likeness (QED) is 0.712. The van der Waals surface area contributed by atoms with Crippen LogP contribution in [0.5, 0.6) is 0 Å². The van der Waals surface area contributed by atoms with Gasteiger partial charge in [-0.05, 0) is 5.56 Å². The fourth-order valence-electron chi connectivity index (χ4n) is 2.41. The Morgan fingerprint density at radius 1 is 1.04 bits per heavy atom. The lowest BCUT2D eigenvalue weighted by Crippen LogP contribution is -2.31. The Morgan fingerprint density at radius 2 is 1.68 bits per heavy atom. The second-order valence-electron chi connectivity index (χ2n) is 5.42. The van der Waals surface area contributed by atoms with Crippen LogP contribution in [0.3, 0.4) is 0 Å². The van der Waals surface area contributed by atoms with Crippen LogP contribution < -0.4 is 5.32 Å². The van der Waals surface area contributed by atoms with Crippen LogP contribution >= 0.6 is 11.3 Å². The number of carbonyl (C=O) groups is 2. The van der Waals surface area contributed by atoms with E-state index < -0.39 is 11.9 Å². The summed E-state index contributed by atoms with van der Waals surface area (Å²) in [5, 5.41) is 14.5. The van der Waals surface area contributed by atoms with E-state index in [4.69, 9.17) is 0 Å². The second-order valence-corrected chi connectivity index (χ2v) is 6.27. The SMILES string of the molecule is O=C(NCC(C(=O)O)c1ccccc1)c1csc(-c2ccccc2)n1. The lowest BCUT2D eigenvalue weighted by Gasteiger charge is -2.13. The van der Waals surface area contributed by atoms with Gasteiger partial charge in [0, 0.05) is 17.5 Å². The van der Waals surface area contributed by atoms with Crippen molar-refractivity contribution in [3.05, 3.63) is 77.3 Å². The van der Waals surface area contributed by atoms with E-state index in [1.54, 1.807) is 29.6 Å². The largest absolute Gasteiger partial charge is 0.481 e. The maximum absolute atomic E-state index is 12.3. The van der Waals surface area contributed by atoms with E-state index in [2.05, 4.69) is 10.3 Å². The van der Waals surface area contributed by atoms with Crippen LogP contribution in [0.4, 0.5) is 0 Å². The average Bonchev–Trinajstić information content (AvgIpc) is 3.13. The van der Waals surface area contributed by atoms with E-state index in [1.165, 1.54) is 11.3 Å². The molecular formula is C19H16N2O3S. The van der Waals surface area contributed by atoms with Gasteiger partial charge in [-0.25, -0.2) is 4.98 Å². The number of nitrogens with zero attached hydrogens (tertiary/aromatic N) is 1. The summed E-state index contributed by atoms with van der Waals surface area (Å²) in [5.41, 5.74) is 1.89. The molecule has 0 saturated heterocycles. The number of thiazole rings is 1. The van der Waals surface area contributed by atoms with Crippen LogP contribution in [0.1, 0.15) is 22.0 Å². The van der Waals surface area contributed by atoms with Gasteiger partial charge in [0.2, 0.25) is 0 Å². The molecule has 2 N–H and O–H groups in total. The molecule has 1 atom stereocenters. The third-order valence-electron chi connectivity index (χ3n) is 3.72. The second kappa shape index (κ2) is 7.72. The Labute approximate surface area is 149 Å². The zero-order valence-corrected chi connectivity index (χ0v) is 14.1. The highest BCUT2D eigenvalue weighted by molar-refractivity contribution is 7.13. The molecule has 0 aliphatic heterocycles. The molecule has 0 bridgehead atoms. The summed E-state index contributed by atoms with van der Waals surface area (Å²) in [6.07, 6.45) is 0. The summed E-state index contributed by atoms with van der Waals surface area (Å²) < 4.78 is 0. The fourth-order valence-corrected chi connectivity index (χ4v) is 3.22. The first-order valence-corrected chi connectivity index (χ1v) is 8.60. The van der Waals surface area contributed by atoms with Gasteiger partial charge in [-0.15, -0.1) is 11.3 Å². The standard InChI is InChI=1S/C19H16N2O3S/c22-17(16-12-25-18(21-16)14-9-5-2-6-10-14)20-11-15(19(23)24)13-7-3-1-4-8-13/h1-10,12,15H,11H2,(H,20,22)(H,23,24). The lowest BCUT2D eigenvalue weighted by molar-refractivity contribution is -0.138. The van der Waals surface area contributed by atoms with E-state index in [0.29, 0.717) is 11.3 Å². The number of aliphatic carboxylic acids is 1. The highest BCUT2D eigenvalue weighted by atomic mass is 32.1. The molecule has 0 radical (unpaired) electrons. The molecule has 0 fully saturated rings. The van der Waals surface area contributed by atoms with Crippen molar-refractivity contribution in [1.29, 1.82) is 0 Å². The van der Waals surface area contributed by atoms with Gasteiger partial charge < -0.3 is 10.4 Å². The number of benzene rings is 2. The van der Waals surface area contributed by atoms with Crippen LogP contribution in [0.25, 0.3) is 10.6 Å². The molecule has 1 amide bonds. The topological polar surface area (TPSA) is 79.3 Å². The van der Waals surface area contributed by atoms with Crippen molar-refractivity contribution in [1.82, 2.24) is 10.3 Å². The smallest absolute Gasteiger partial charge is 0.312 e. The highest BCUT2D eigenvalue weighted by Crippen LogP contribution is 2.23. The first-order valence-electron chi connectivity index (χ1n) is 7.72. The number of carbonyl (C=O) groups excluding carboxylic acids is 1. The number of carboxylic acids is 1. The number of hydrogen-bond donors (Lipinski definition) is 2. The summed E-state index contributed by atoms with van der Waals surface area (Å²) in [6.45, 7) is 0.0103. The van der Waals surface area contributed by atoms with Crippen LogP contribution in [0, 0.1) is 0 Å². The lowest BCUT2D eigenvalue weighted by atomic mass is 9.99. The van der Waals surface area contributed by atoms with Crippen molar-refractivity contribution < 1.29 is 14.7 Å². The van der Waals surface area contributed by atoms with Gasteiger partial charge in [-0.1, -0.05) is 60.7 Å². The van der Waals surface area contributed by atoms with Gasteiger partial charge in [0.25, 0.3) is 5.91 Å². The zero-order chi connectivity index (χ0) is 17.6. The minimum atomic E-state index is -0.977. The van der Waals surface area contributed by atoms with Gasteiger partial charge in [-0.2, -0.15) is 0 Å². The molecule has 0 aliphatic rings. The van der Waals surface area contributed by atoms with E-state index >= 15 is 0 Å². The molecule has 2 aromatic carbocycles. The number of amides is 1. The molecule has 6 heteroatoms. The van der Waals surface area contributed by atoms with Gasteiger partial charge in [0.05, 0.1) is 5.92 Å². The number of nitrogens with one attached hydrogen (secondary N) is 1. The normalized spacial score (nSPS) is 11.7. The molecule has 25 heavy (non-hydrogen) atoms. The van der Waals surface area contributed by atoms with Gasteiger partial charge in [0.1, 0.15) is 10.7 Å². The van der Waals surface area contributed by atoms with E-state index in [-0.39, 0.29) is 12.5 Å². The van der Waals surface area contributed by atoms with E-state index in [9.17, 15) is 14.7 Å². The summed E-state index contributed by atoms with van der Waals surface area (Å²) in [5.74, 6) is -2.15. The molecule has 0 saturated carbocycles. The maximum Gasteiger partial charge on any atom is 0.312 e. The number of rotatable bonds is 6. The fraction of sp³-hybridized carbons (Fsp3) is 0.105. The Hall–Kier alpha value is -2.99. The molecule has 1 aromatic heterocycles. The Morgan fingerprint density at radius 3 is 2.32 bits per heavy atom. The van der Waals surface area contributed by atoms with Gasteiger partial charge in [0.15, 0.2) is 0 Å². The Kier molecular flexibility index (Phi) is 5.20. The predicted octanol–water partition coefficient (Wildman–Crippen LogP) is 3.41. The third-order valence-corrected chi connectivity index (χ3v) is 4.62. The van der Waals surface area contributed by atoms with Crippen LogP contribution in [0.15, 0.2) is 66.0 Å². The third kappa shape index (κ3) is 4.10. The van der Waals surface area contributed by atoms with Crippen molar-refractivity contribution in [3.63, 3.8) is 0 Å². The van der Waals surface area contributed by atoms with Gasteiger partial charge in [-0.3, -0.25) is 9.59 Å². The monoisotopic (exact) mass is 352 g/mol. The zero-order valence-electron chi connectivity index (χ0n) is 13.3. The molecule has 1 heterocycles. The Balaban J connectivity index is 1.68. The molecular weight excluding hydrogens is 336 g/mol. The van der Waals surface area contributed by atoms with Crippen molar-refractivity contribution in [3.8, 4) is 10.6 Å². The number of aromatic nitrogens is 1. The van der Waals surface area contributed by atoms with Crippen LogP contribution in [-0.2, 0) is 4.79 Å². The van der Waals surface area contributed by atoms with Crippen LogP contribution in [0.2, 0.25) is 0 Å². The first-order chi connectivity index (χ1) is 12.1. The minimum absolute atomic E-state index is 0.0103. The molecule has 5 nitrogen and oxygen atoms in total. The number of hydrogen-bond acceptors (Lipinski definition) is 4. The molecule has 3 rings (SSSR count). The van der Waals surface area contributed by atoms with Gasteiger partial charge >= 0.3 is 5.97 Å². The Bertz CT molecular complexity index is 863. The summed E-state index contributed by atoms with van der Waals surface area (Å²) >= 11 is 1.38.